The van der Waals surface area contributed by atoms with Gasteiger partial charge in [-0.1, -0.05) is 42.5 Å². The van der Waals surface area contributed by atoms with Gasteiger partial charge in [0, 0.05) is 0 Å². The molecule has 5 nitrogen and oxygen atoms in total. The third-order valence-electron chi connectivity index (χ3n) is 3.95. The van der Waals surface area contributed by atoms with Crippen LogP contribution in [0.5, 0.6) is 0 Å². The molecule has 2 rings (SSSR count). The Morgan fingerprint density at radius 2 is 1.72 bits per heavy atom. The van der Waals surface area contributed by atoms with Gasteiger partial charge < -0.3 is 15.2 Å². The highest BCUT2D eigenvalue weighted by molar-refractivity contribution is 5.77. The first-order valence-corrected chi connectivity index (χ1v) is 7.77. The lowest BCUT2D eigenvalue weighted by atomic mass is 9.80. The van der Waals surface area contributed by atoms with E-state index in [9.17, 15) is 19.1 Å². The maximum absolute atomic E-state index is 13.1. The number of alkyl carbamates (subject to hydrolysis) is 1. The molecule has 0 saturated carbocycles. The van der Waals surface area contributed by atoms with Crippen LogP contribution in [0.15, 0.2) is 54.6 Å². The number of carboxylic acid groups (broad SMARTS) is 1. The van der Waals surface area contributed by atoms with Crippen LogP contribution in [0.25, 0.3) is 0 Å². The number of benzene rings is 2. The molecule has 2 aromatic carbocycles. The standard InChI is InChI=1S/C19H20FNO4/c1-19(2,17(22)23)16(14-8-10-15(20)11-9-14)21-18(24)25-12-13-6-4-3-5-7-13/h3-11,16H,12H2,1-2H3,(H,21,24)(H,22,23). The number of carbonyl (C=O) groups is 2. The van der Waals surface area contributed by atoms with E-state index in [1.807, 2.05) is 30.3 Å². The number of nitrogens with one attached hydrogen (secondary N) is 1. The predicted octanol–water partition coefficient (Wildman–Crippen LogP) is 3.90. The van der Waals surface area contributed by atoms with E-state index < -0.39 is 29.3 Å². The van der Waals surface area contributed by atoms with E-state index in [-0.39, 0.29) is 6.61 Å². The van der Waals surface area contributed by atoms with Crippen LogP contribution in [-0.2, 0) is 16.1 Å². The van der Waals surface area contributed by atoms with Gasteiger partial charge in [-0.2, -0.15) is 0 Å². The Morgan fingerprint density at radius 3 is 2.28 bits per heavy atom. The van der Waals surface area contributed by atoms with Crippen molar-refractivity contribution >= 4 is 12.1 Å². The minimum absolute atomic E-state index is 0.0658. The zero-order valence-electron chi connectivity index (χ0n) is 14.0. The number of carbonyl (C=O) groups excluding carboxylic acids is 1. The molecule has 0 aliphatic heterocycles. The summed E-state index contributed by atoms with van der Waals surface area (Å²) in [4.78, 5) is 23.7. The van der Waals surface area contributed by atoms with Crippen molar-refractivity contribution in [3.05, 3.63) is 71.5 Å². The summed E-state index contributed by atoms with van der Waals surface area (Å²) in [6.45, 7) is 3.04. The van der Waals surface area contributed by atoms with Crippen molar-refractivity contribution in [3.8, 4) is 0 Å². The van der Waals surface area contributed by atoms with E-state index in [1.165, 1.54) is 38.1 Å². The monoisotopic (exact) mass is 345 g/mol. The van der Waals surface area contributed by atoms with Crippen molar-refractivity contribution in [2.75, 3.05) is 0 Å². The van der Waals surface area contributed by atoms with Crippen molar-refractivity contribution in [3.63, 3.8) is 0 Å². The van der Waals surface area contributed by atoms with Gasteiger partial charge in [0.05, 0.1) is 11.5 Å². The van der Waals surface area contributed by atoms with E-state index in [0.29, 0.717) is 5.56 Å². The molecular weight excluding hydrogens is 325 g/mol. The Kier molecular flexibility index (Phi) is 5.75. The summed E-state index contributed by atoms with van der Waals surface area (Å²) >= 11 is 0. The Hall–Kier alpha value is -2.89. The second-order valence-corrected chi connectivity index (χ2v) is 6.22. The zero-order chi connectivity index (χ0) is 18.4. The van der Waals surface area contributed by atoms with E-state index in [2.05, 4.69) is 5.32 Å². The van der Waals surface area contributed by atoms with E-state index in [0.717, 1.165) is 5.56 Å². The van der Waals surface area contributed by atoms with Crippen molar-refractivity contribution in [1.29, 1.82) is 0 Å². The van der Waals surface area contributed by atoms with Crippen LogP contribution in [0.4, 0.5) is 9.18 Å². The van der Waals surface area contributed by atoms with Crippen LogP contribution < -0.4 is 5.32 Å². The number of rotatable bonds is 6. The highest BCUT2D eigenvalue weighted by atomic mass is 19.1. The van der Waals surface area contributed by atoms with Gasteiger partial charge in [-0.05, 0) is 37.1 Å². The van der Waals surface area contributed by atoms with Crippen molar-refractivity contribution in [2.24, 2.45) is 5.41 Å². The van der Waals surface area contributed by atoms with Crippen LogP contribution in [-0.4, -0.2) is 17.2 Å². The minimum atomic E-state index is -1.32. The molecule has 2 aromatic rings. The molecule has 0 radical (unpaired) electrons. The van der Waals surface area contributed by atoms with Gasteiger partial charge >= 0.3 is 12.1 Å². The van der Waals surface area contributed by atoms with Crippen LogP contribution in [0.2, 0.25) is 0 Å². The fourth-order valence-electron chi connectivity index (χ4n) is 2.34. The number of halogens is 1. The lowest BCUT2D eigenvalue weighted by molar-refractivity contribution is -0.148. The van der Waals surface area contributed by atoms with Gasteiger partial charge in [0.1, 0.15) is 12.4 Å². The predicted molar refractivity (Wildman–Crippen MR) is 90.3 cm³/mol. The fourth-order valence-corrected chi connectivity index (χ4v) is 2.34. The van der Waals surface area contributed by atoms with E-state index in [4.69, 9.17) is 4.74 Å². The quantitative estimate of drug-likeness (QED) is 0.832. The Labute approximate surface area is 145 Å². The SMILES string of the molecule is CC(C)(C(=O)O)C(NC(=O)OCc1ccccc1)c1ccc(F)cc1. The van der Waals surface area contributed by atoms with Crippen molar-refractivity contribution in [2.45, 2.75) is 26.5 Å². The normalized spacial score (nSPS) is 12.3. The molecule has 25 heavy (non-hydrogen) atoms. The van der Waals surface area contributed by atoms with Gasteiger partial charge in [0.25, 0.3) is 0 Å². The average molecular weight is 345 g/mol. The Bertz CT molecular complexity index is 729. The Balaban J connectivity index is 2.14. The summed E-state index contributed by atoms with van der Waals surface area (Å²) < 4.78 is 18.3. The van der Waals surface area contributed by atoms with Crippen LogP contribution in [0.3, 0.4) is 0 Å². The zero-order valence-corrected chi connectivity index (χ0v) is 14.0. The third-order valence-corrected chi connectivity index (χ3v) is 3.95. The highest BCUT2D eigenvalue weighted by Crippen LogP contribution is 2.34. The number of ether oxygens (including phenoxy) is 1. The first-order chi connectivity index (χ1) is 11.8. The molecule has 0 fully saturated rings. The molecule has 0 bridgehead atoms. The summed E-state index contributed by atoms with van der Waals surface area (Å²) in [6.07, 6.45) is -0.743. The summed E-state index contributed by atoms with van der Waals surface area (Å²) in [7, 11) is 0. The molecule has 0 spiro atoms. The molecule has 0 aliphatic carbocycles. The molecule has 0 heterocycles. The lowest BCUT2D eigenvalue weighted by Gasteiger charge is -2.31. The number of hydrogen-bond donors (Lipinski definition) is 2. The molecule has 1 atom stereocenters. The third kappa shape index (κ3) is 4.79. The van der Waals surface area contributed by atoms with Gasteiger partial charge in [-0.25, -0.2) is 9.18 Å². The molecule has 0 aromatic heterocycles. The molecule has 0 saturated heterocycles. The first kappa shape index (κ1) is 18.4. The van der Waals surface area contributed by atoms with E-state index >= 15 is 0 Å². The second kappa shape index (κ2) is 7.79. The van der Waals surface area contributed by atoms with E-state index in [1.54, 1.807) is 0 Å². The molecule has 1 amide bonds. The fraction of sp³-hybridized carbons (Fsp3) is 0.263. The summed E-state index contributed by atoms with van der Waals surface area (Å²) in [5, 5.41) is 12.1. The van der Waals surface area contributed by atoms with Gasteiger partial charge in [0.15, 0.2) is 0 Å². The van der Waals surface area contributed by atoms with Crippen LogP contribution >= 0.6 is 0 Å². The summed E-state index contributed by atoms with van der Waals surface area (Å²) in [6, 6.07) is 13.6. The van der Waals surface area contributed by atoms with Crippen molar-refractivity contribution < 1.29 is 23.8 Å². The number of carboxylic acids is 1. The first-order valence-electron chi connectivity index (χ1n) is 7.77. The molecule has 6 heteroatoms. The molecule has 1 unspecified atom stereocenters. The maximum atomic E-state index is 13.1. The van der Waals surface area contributed by atoms with Gasteiger partial charge in [-0.15, -0.1) is 0 Å². The van der Waals surface area contributed by atoms with Gasteiger partial charge in [-0.3, -0.25) is 4.79 Å². The average Bonchev–Trinajstić information content (AvgIpc) is 2.59. The molecular formula is C19H20FNO4. The minimum Gasteiger partial charge on any atom is -0.481 e. The van der Waals surface area contributed by atoms with Crippen LogP contribution in [0.1, 0.15) is 31.0 Å². The number of amides is 1. The molecule has 0 aliphatic rings. The summed E-state index contributed by atoms with van der Waals surface area (Å²) in [5.74, 6) is -1.53. The molecule has 2 N–H and O–H groups in total. The smallest absolute Gasteiger partial charge is 0.407 e. The summed E-state index contributed by atoms with van der Waals surface area (Å²) in [5.41, 5.74) is -0.0252. The Morgan fingerprint density at radius 1 is 1.12 bits per heavy atom. The topological polar surface area (TPSA) is 75.6 Å². The van der Waals surface area contributed by atoms with Crippen molar-refractivity contribution in [1.82, 2.24) is 5.32 Å². The highest BCUT2D eigenvalue weighted by Gasteiger charge is 2.39. The van der Waals surface area contributed by atoms with Crippen LogP contribution in [0, 0.1) is 11.2 Å². The maximum Gasteiger partial charge on any atom is 0.407 e. The lowest BCUT2D eigenvalue weighted by Crippen LogP contribution is -2.42. The molecule has 132 valence electrons. The largest absolute Gasteiger partial charge is 0.481 e. The van der Waals surface area contributed by atoms with Gasteiger partial charge in [0.2, 0.25) is 0 Å². The number of hydrogen-bond acceptors (Lipinski definition) is 3. The number of aliphatic carboxylic acids is 1. The second-order valence-electron chi connectivity index (χ2n) is 6.22.